The van der Waals surface area contributed by atoms with Crippen LogP contribution in [-0.2, 0) is 45.4 Å². The summed E-state index contributed by atoms with van der Waals surface area (Å²) in [7, 11) is -5.13. The number of carbonyl (C=O) groups is 7. The average Bonchev–Trinajstić information content (AvgIpc) is 3.96. The minimum Gasteiger partial charge on any atom is -0.445 e. The number of aromatic amines is 1. The first kappa shape index (κ1) is 46.0. The zero-order valence-corrected chi connectivity index (χ0v) is 34.2. The summed E-state index contributed by atoms with van der Waals surface area (Å²) in [6.45, 7) is 2.21. The number of ether oxygens (including phenoxy) is 1. The van der Waals surface area contributed by atoms with Crippen molar-refractivity contribution in [2.45, 2.75) is 88.1 Å². The van der Waals surface area contributed by atoms with Crippen molar-refractivity contribution >= 4 is 62.6 Å². The van der Waals surface area contributed by atoms with Crippen LogP contribution in [0.25, 0.3) is 10.9 Å². The number of aliphatic hydroxyl groups is 1. The van der Waals surface area contributed by atoms with Crippen molar-refractivity contribution in [3.63, 3.8) is 0 Å². The van der Waals surface area contributed by atoms with E-state index in [1.807, 2.05) is 0 Å². The Morgan fingerprint density at radius 3 is 2.05 bits per heavy atom. The normalized spacial score (nSPS) is 19.3. The standard InChI is InChI=1S/C40H52N8O12S/c1-22(11-12-28(45-38(54)31-18-24-9-5-6-10-27(24)44-31)36(52)46-29(33(41)49)19-25-13-15-42-34(25)50)17-30(48-40(56)60-21-23-7-3-2-4-8-23)37(53)47-32(39(55)61(57,58)59)20-26-14-16-43-35(26)51/h2-10,18,22,25-26,28-30,32,39,44,55H,11-17,19-21H2,1H3,(H2,41,49)(H,42,50)(H,43,51)(H,45,54)(H,46,52)(H,47,53)(H,48,56)(H,57,58,59)/t22?,25-,26?,28-,29-,30-,32-,39?/m0/s1. The molecular formula is C40H52N8O12S. The van der Waals surface area contributed by atoms with Crippen LogP contribution in [0.4, 0.5) is 4.79 Å². The lowest BCUT2D eigenvalue weighted by atomic mass is 9.93. The molecule has 21 heteroatoms. The molecule has 3 heterocycles. The van der Waals surface area contributed by atoms with Crippen LogP contribution in [0.2, 0.25) is 0 Å². The van der Waals surface area contributed by atoms with E-state index in [4.69, 9.17) is 10.5 Å². The third kappa shape index (κ3) is 13.2. The lowest BCUT2D eigenvalue weighted by Crippen LogP contribution is -2.55. The highest BCUT2D eigenvalue weighted by atomic mass is 32.2. The second-order valence-corrected chi connectivity index (χ2v) is 17.0. The quantitative estimate of drug-likeness (QED) is 0.0637. The van der Waals surface area contributed by atoms with Gasteiger partial charge in [-0.15, -0.1) is 0 Å². The molecule has 8 atom stereocenters. The summed E-state index contributed by atoms with van der Waals surface area (Å²) in [6.07, 6.45) is -0.842. The van der Waals surface area contributed by atoms with Gasteiger partial charge in [-0.05, 0) is 68.6 Å². The van der Waals surface area contributed by atoms with Gasteiger partial charge >= 0.3 is 6.09 Å². The molecule has 5 rings (SSSR count). The molecule has 0 aliphatic carbocycles. The molecule has 3 unspecified atom stereocenters. The molecule has 1 aromatic heterocycles. The van der Waals surface area contributed by atoms with Crippen LogP contribution in [0.1, 0.15) is 67.9 Å². The van der Waals surface area contributed by atoms with Crippen LogP contribution in [0, 0.1) is 17.8 Å². The van der Waals surface area contributed by atoms with Crippen LogP contribution in [-0.4, -0.2) is 107 Å². The van der Waals surface area contributed by atoms with E-state index >= 15 is 0 Å². The molecule has 2 saturated heterocycles. The SMILES string of the molecule is CC(CC[C@H](NC(=O)c1cc2ccccc2[nH]1)C(=O)N[C@@H](C[C@@H]1CCNC1=O)C(N)=O)C[C@H](NC(=O)OCc1ccccc1)C(=O)N[C@@H](CC1CCNC1=O)C(O)S(=O)(=O)O. The molecule has 7 amide bonds. The van der Waals surface area contributed by atoms with Crippen molar-refractivity contribution in [2.75, 3.05) is 13.1 Å². The largest absolute Gasteiger partial charge is 0.445 e. The number of hydrogen-bond donors (Lipinski definition) is 10. The molecule has 2 aliphatic rings. The number of amides is 7. The van der Waals surface area contributed by atoms with E-state index in [1.54, 1.807) is 67.6 Å². The zero-order chi connectivity index (χ0) is 44.3. The van der Waals surface area contributed by atoms with Gasteiger partial charge in [-0.1, -0.05) is 55.5 Å². The van der Waals surface area contributed by atoms with Gasteiger partial charge in [-0.3, -0.25) is 33.3 Å². The summed E-state index contributed by atoms with van der Waals surface area (Å²) in [5.74, 6) is -5.89. The Kier molecular flexibility index (Phi) is 15.8. The van der Waals surface area contributed by atoms with Crippen LogP contribution in [0.3, 0.4) is 0 Å². The first-order chi connectivity index (χ1) is 29.0. The van der Waals surface area contributed by atoms with Crippen molar-refractivity contribution < 1.29 is 56.4 Å². The number of para-hydroxylation sites is 1. The summed E-state index contributed by atoms with van der Waals surface area (Å²) in [5, 5.41) is 26.7. The Morgan fingerprint density at radius 1 is 0.820 bits per heavy atom. The van der Waals surface area contributed by atoms with Gasteiger partial charge in [0.15, 0.2) is 0 Å². The van der Waals surface area contributed by atoms with Crippen LogP contribution in [0.5, 0.6) is 0 Å². The van der Waals surface area contributed by atoms with E-state index in [1.165, 1.54) is 0 Å². The van der Waals surface area contributed by atoms with Gasteiger partial charge in [0.05, 0.1) is 6.04 Å². The number of carbonyl (C=O) groups excluding carboxylic acids is 7. The van der Waals surface area contributed by atoms with E-state index < -0.39 is 93.1 Å². The fourth-order valence-electron chi connectivity index (χ4n) is 7.40. The van der Waals surface area contributed by atoms with Crippen molar-refractivity contribution in [3.8, 4) is 0 Å². The molecule has 2 fully saturated rings. The molecule has 2 aromatic carbocycles. The summed E-state index contributed by atoms with van der Waals surface area (Å²) in [4.78, 5) is 94.5. The number of nitrogens with two attached hydrogens (primary N) is 1. The maximum atomic E-state index is 13.9. The van der Waals surface area contributed by atoms with E-state index in [2.05, 4.69) is 36.9 Å². The predicted molar refractivity (Wildman–Crippen MR) is 218 cm³/mol. The Labute approximate surface area is 351 Å². The molecule has 2 aliphatic heterocycles. The van der Waals surface area contributed by atoms with Crippen molar-refractivity contribution in [1.82, 2.24) is 36.9 Å². The van der Waals surface area contributed by atoms with Gasteiger partial charge in [0.1, 0.15) is 30.4 Å². The lowest BCUT2D eigenvalue weighted by Gasteiger charge is -2.28. The van der Waals surface area contributed by atoms with Crippen LogP contribution < -0.4 is 37.6 Å². The molecule has 0 radical (unpaired) electrons. The number of alkyl carbamates (subject to hydrolysis) is 1. The third-order valence-corrected chi connectivity index (χ3v) is 11.8. The summed E-state index contributed by atoms with van der Waals surface area (Å²) >= 11 is 0. The number of benzene rings is 2. The molecule has 11 N–H and O–H groups in total. The molecule has 0 saturated carbocycles. The lowest BCUT2D eigenvalue weighted by molar-refractivity contribution is -0.130. The first-order valence-electron chi connectivity index (χ1n) is 19.9. The second-order valence-electron chi connectivity index (χ2n) is 15.5. The van der Waals surface area contributed by atoms with E-state index in [9.17, 15) is 51.6 Å². The molecule has 3 aromatic rings. The Morgan fingerprint density at radius 2 is 1.44 bits per heavy atom. The second kappa shape index (κ2) is 21.0. The number of H-pyrrole nitrogens is 1. The highest BCUT2D eigenvalue weighted by molar-refractivity contribution is 7.86. The molecule has 330 valence electrons. The molecule has 0 spiro atoms. The van der Waals surface area contributed by atoms with Gasteiger partial charge in [-0.2, -0.15) is 8.42 Å². The average molecular weight is 869 g/mol. The Hall–Kier alpha value is -6.06. The van der Waals surface area contributed by atoms with Gasteiger partial charge in [0, 0.05) is 35.8 Å². The van der Waals surface area contributed by atoms with Crippen molar-refractivity contribution in [3.05, 3.63) is 71.9 Å². The number of fused-ring (bicyclic) bond motifs is 1. The monoisotopic (exact) mass is 868 g/mol. The number of aromatic nitrogens is 1. The van der Waals surface area contributed by atoms with Gasteiger partial charge < -0.3 is 52.5 Å². The summed E-state index contributed by atoms with van der Waals surface area (Å²) < 4.78 is 39.1. The van der Waals surface area contributed by atoms with E-state index in [0.717, 1.165) is 5.39 Å². The number of rotatable bonds is 21. The fraction of sp³-hybridized carbons (Fsp3) is 0.475. The van der Waals surface area contributed by atoms with E-state index in [0.29, 0.717) is 24.0 Å². The summed E-state index contributed by atoms with van der Waals surface area (Å²) in [6, 6.07) is 11.8. The maximum Gasteiger partial charge on any atom is 0.408 e. The van der Waals surface area contributed by atoms with Gasteiger partial charge in [0.2, 0.25) is 35.0 Å². The number of primary amides is 1. The van der Waals surface area contributed by atoms with Crippen molar-refractivity contribution in [2.24, 2.45) is 23.5 Å². The smallest absolute Gasteiger partial charge is 0.408 e. The molecule has 61 heavy (non-hydrogen) atoms. The molecule has 0 bridgehead atoms. The summed E-state index contributed by atoms with van der Waals surface area (Å²) in [5.41, 5.74) is 4.57. The highest BCUT2D eigenvalue weighted by Gasteiger charge is 2.38. The predicted octanol–water partition coefficient (Wildman–Crippen LogP) is 0.0812. The van der Waals surface area contributed by atoms with E-state index in [-0.39, 0.29) is 63.3 Å². The Bertz CT molecular complexity index is 2150. The maximum absolute atomic E-state index is 13.9. The number of nitrogens with one attached hydrogen (secondary N) is 7. The Balaban J connectivity index is 1.33. The van der Waals surface area contributed by atoms with Crippen LogP contribution >= 0.6 is 0 Å². The molecule has 20 nitrogen and oxygen atoms in total. The van der Waals surface area contributed by atoms with Crippen molar-refractivity contribution in [1.29, 1.82) is 0 Å². The molecular weight excluding hydrogens is 817 g/mol. The minimum atomic E-state index is -5.13. The number of aliphatic hydroxyl groups excluding tert-OH is 1. The highest BCUT2D eigenvalue weighted by Crippen LogP contribution is 2.22. The first-order valence-corrected chi connectivity index (χ1v) is 21.4. The topological polar surface area (TPSA) is 317 Å². The zero-order valence-electron chi connectivity index (χ0n) is 33.4. The van der Waals surface area contributed by atoms with Gasteiger partial charge in [0.25, 0.3) is 16.0 Å². The fourth-order valence-corrected chi connectivity index (χ4v) is 7.99. The van der Waals surface area contributed by atoms with Crippen LogP contribution in [0.15, 0.2) is 60.7 Å². The van der Waals surface area contributed by atoms with Gasteiger partial charge in [-0.25, -0.2) is 4.79 Å². The number of hydrogen-bond acceptors (Lipinski definition) is 11. The third-order valence-electron chi connectivity index (χ3n) is 10.8. The minimum absolute atomic E-state index is 0.0620.